The first kappa shape index (κ1) is 17.7. The average molecular weight is 335 g/mol. The molecule has 1 N–H and O–H groups in total. The number of rotatable bonds is 7. The molecular weight excluding hydrogens is 310 g/mol. The summed E-state index contributed by atoms with van der Waals surface area (Å²) in [6.45, 7) is 2.33. The molecule has 0 aliphatic carbocycles. The van der Waals surface area contributed by atoms with Crippen LogP contribution in [0.3, 0.4) is 0 Å². The van der Waals surface area contributed by atoms with E-state index < -0.39 is 10.0 Å². The van der Waals surface area contributed by atoms with E-state index >= 15 is 0 Å². The van der Waals surface area contributed by atoms with Crippen LogP contribution in [0.4, 0.5) is 0 Å². The van der Waals surface area contributed by atoms with Crippen LogP contribution in [0.5, 0.6) is 0 Å². The van der Waals surface area contributed by atoms with Crippen LogP contribution in [0.15, 0.2) is 42.6 Å². The fourth-order valence-electron chi connectivity index (χ4n) is 2.53. The zero-order chi connectivity index (χ0) is 17.0. The van der Waals surface area contributed by atoms with Gasteiger partial charge in [-0.1, -0.05) is 29.8 Å². The summed E-state index contributed by atoms with van der Waals surface area (Å²) in [5.74, 6) is 0.000561. The molecule has 1 unspecified atom stereocenters. The van der Waals surface area contributed by atoms with E-state index in [0.717, 1.165) is 16.8 Å². The molecule has 1 heterocycles. The van der Waals surface area contributed by atoms with Crippen molar-refractivity contribution in [1.82, 2.24) is 14.2 Å². The number of nitrogens with one attached hydrogen (secondary N) is 1. The Labute approximate surface area is 139 Å². The van der Waals surface area contributed by atoms with Gasteiger partial charge in [-0.05, 0) is 38.7 Å². The first-order valence-corrected chi connectivity index (χ1v) is 9.24. The molecule has 23 heavy (non-hydrogen) atoms. The van der Waals surface area contributed by atoms with Crippen LogP contribution < -0.4 is 4.72 Å². The summed E-state index contributed by atoms with van der Waals surface area (Å²) in [5, 5.41) is 0. The largest absolute Gasteiger partial charge is 0.353 e. The Kier molecular flexibility index (Phi) is 5.62. The Morgan fingerprint density at radius 2 is 1.83 bits per heavy atom. The fraction of sp³-hybridized carbons (Fsp3) is 0.412. The number of aryl methyl sites for hydroxylation is 2. The first-order chi connectivity index (χ1) is 10.8. The van der Waals surface area contributed by atoms with E-state index in [1.54, 1.807) is 0 Å². The van der Waals surface area contributed by atoms with E-state index in [9.17, 15) is 8.42 Å². The second-order valence-corrected chi connectivity index (χ2v) is 7.92. The molecular formula is C17H25N3O2S. The van der Waals surface area contributed by atoms with E-state index in [4.69, 9.17) is 0 Å². The van der Waals surface area contributed by atoms with Gasteiger partial charge in [-0.25, -0.2) is 13.1 Å². The van der Waals surface area contributed by atoms with Crippen molar-refractivity contribution in [2.45, 2.75) is 18.7 Å². The standard InChI is InChI=1S/C17H25N3O2S/c1-14-7-9-15(10-8-14)13-23(21,22)18-12-17(19(2)3)16-6-5-11-20(16)4/h5-11,17-18H,12-13H2,1-4H3. The number of benzene rings is 1. The van der Waals surface area contributed by atoms with Crippen molar-refractivity contribution in [3.63, 3.8) is 0 Å². The third kappa shape index (κ3) is 4.92. The van der Waals surface area contributed by atoms with E-state index in [1.165, 1.54) is 0 Å². The SMILES string of the molecule is Cc1ccc(CS(=O)(=O)NCC(c2cccn2C)N(C)C)cc1. The van der Waals surface area contributed by atoms with Gasteiger partial charge in [-0.2, -0.15) is 0 Å². The number of hydrogen-bond acceptors (Lipinski definition) is 3. The Morgan fingerprint density at radius 1 is 1.17 bits per heavy atom. The van der Waals surface area contributed by atoms with Crippen molar-refractivity contribution in [2.24, 2.45) is 7.05 Å². The highest BCUT2D eigenvalue weighted by Gasteiger charge is 2.20. The highest BCUT2D eigenvalue weighted by atomic mass is 32.2. The quantitative estimate of drug-likeness (QED) is 0.843. The topological polar surface area (TPSA) is 54.3 Å². The number of nitrogens with zero attached hydrogens (tertiary/aromatic N) is 2. The Bertz CT molecular complexity index is 733. The Hall–Kier alpha value is -1.63. The maximum absolute atomic E-state index is 12.3. The predicted molar refractivity (Wildman–Crippen MR) is 93.6 cm³/mol. The van der Waals surface area contributed by atoms with Gasteiger partial charge in [-0.15, -0.1) is 0 Å². The maximum Gasteiger partial charge on any atom is 0.215 e. The van der Waals surface area contributed by atoms with E-state index in [2.05, 4.69) is 4.72 Å². The normalized spacial score (nSPS) is 13.4. The number of aromatic nitrogens is 1. The lowest BCUT2D eigenvalue weighted by Gasteiger charge is -2.25. The van der Waals surface area contributed by atoms with Crippen molar-refractivity contribution in [2.75, 3.05) is 20.6 Å². The van der Waals surface area contributed by atoms with Crippen molar-refractivity contribution >= 4 is 10.0 Å². The zero-order valence-corrected chi connectivity index (χ0v) is 15.0. The van der Waals surface area contributed by atoms with E-state index in [0.29, 0.717) is 6.54 Å². The highest BCUT2D eigenvalue weighted by Crippen LogP contribution is 2.18. The molecule has 0 aliphatic heterocycles. The third-order valence-electron chi connectivity index (χ3n) is 3.92. The summed E-state index contributed by atoms with van der Waals surface area (Å²) >= 11 is 0. The smallest absolute Gasteiger partial charge is 0.215 e. The molecule has 0 amide bonds. The van der Waals surface area contributed by atoms with Crippen molar-refractivity contribution in [3.05, 3.63) is 59.4 Å². The minimum atomic E-state index is -3.37. The average Bonchev–Trinajstić information content (AvgIpc) is 2.87. The number of sulfonamides is 1. The summed E-state index contributed by atoms with van der Waals surface area (Å²) in [7, 11) is 2.50. The second kappa shape index (κ2) is 7.29. The molecule has 126 valence electrons. The Morgan fingerprint density at radius 3 is 2.35 bits per heavy atom. The molecule has 0 fully saturated rings. The molecule has 1 aromatic heterocycles. The molecule has 0 spiro atoms. The molecule has 5 nitrogen and oxygen atoms in total. The molecule has 2 rings (SSSR count). The fourth-order valence-corrected chi connectivity index (χ4v) is 3.68. The van der Waals surface area contributed by atoms with Gasteiger partial charge < -0.3 is 4.57 Å². The summed E-state index contributed by atoms with van der Waals surface area (Å²) in [6, 6.07) is 11.5. The molecule has 0 radical (unpaired) electrons. The van der Waals surface area contributed by atoms with Gasteiger partial charge in [-0.3, -0.25) is 4.90 Å². The van der Waals surface area contributed by atoms with Crippen molar-refractivity contribution < 1.29 is 8.42 Å². The molecule has 1 aromatic carbocycles. The summed E-state index contributed by atoms with van der Waals surface area (Å²) in [4.78, 5) is 2.02. The van der Waals surface area contributed by atoms with Crippen LogP contribution in [0.1, 0.15) is 22.9 Å². The molecule has 0 saturated heterocycles. The number of hydrogen-bond donors (Lipinski definition) is 1. The van der Waals surface area contributed by atoms with Gasteiger partial charge in [0.25, 0.3) is 0 Å². The molecule has 1 atom stereocenters. The lowest BCUT2D eigenvalue weighted by Crippen LogP contribution is -2.36. The van der Waals surface area contributed by atoms with E-state index in [-0.39, 0.29) is 11.8 Å². The maximum atomic E-state index is 12.3. The molecule has 6 heteroatoms. The monoisotopic (exact) mass is 335 g/mol. The predicted octanol–water partition coefficient (Wildman–Crippen LogP) is 2.06. The van der Waals surface area contributed by atoms with Gasteiger partial charge in [0.2, 0.25) is 10.0 Å². The van der Waals surface area contributed by atoms with Crippen LogP contribution in [-0.2, 0) is 22.8 Å². The van der Waals surface area contributed by atoms with E-state index in [1.807, 2.05) is 80.1 Å². The van der Waals surface area contributed by atoms with Crippen molar-refractivity contribution in [1.29, 1.82) is 0 Å². The second-order valence-electron chi connectivity index (χ2n) is 6.12. The molecule has 2 aromatic rings. The van der Waals surface area contributed by atoms with Crippen LogP contribution in [0.2, 0.25) is 0 Å². The summed E-state index contributed by atoms with van der Waals surface area (Å²) in [5.41, 5.74) is 2.99. The minimum Gasteiger partial charge on any atom is -0.353 e. The first-order valence-electron chi connectivity index (χ1n) is 7.59. The van der Waals surface area contributed by atoms with Crippen LogP contribution in [0, 0.1) is 6.92 Å². The van der Waals surface area contributed by atoms with Crippen LogP contribution in [-0.4, -0.2) is 38.5 Å². The van der Waals surface area contributed by atoms with Gasteiger partial charge in [0, 0.05) is 25.5 Å². The minimum absolute atomic E-state index is 0.000561. The zero-order valence-electron chi connectivity index (χ0n) is 14.2. The van der Waals surface area contributed by atoms with Gasteiger partial charge in [0.1, 0.15) is 0 Å². The lowest BCUT2D eigenvalue weighted by molar-refractivity contribution is 0.289. The highest BCUT2D eigenvalue weighted by molar-refractivity contribution is 7.88. The van der Waals surface area contributed by atoms with Gasteiger partial charge in [0.15, 0.2) is 0 Å². The van der Waals surface area contributed by atoms with Crippen LogP contribution >= 0.6 is 0 Å². The van der Waals surface area contributed by atoms with Crippen molar-refractivity contribution in [3.8, 4) is 0 Å². The third-order valence-corrected chi connectivity index (χ3v) is 5.24. The molecule has 0 saturated carbocycles. The number of likely N-dealkylation sites (N-methyl/N-ethyl adjacent to an activating group) is 1. The Balaban J connectivity index is 2.04. The van der Waals surface area contributed by atoms with Crippen LogP contribution in [0.25, 0.3) is 0 Å². The van der Waals surface area contributed by atoms with Gasteiger partial charge >= 0.3 is 0 Å². The van der Waals surface area contributed by atoms with Gasteiger partial charge in [0.05, 0.1) is 11.8 Å². The lowest BCUT2D eigenvalue weighted by atomic mass is 10.2. The summed E-state index contributed by atoms with van der Waals surface area (Å²) < 4.78 is 29.4. The molecule has 0 bridgehead atoms. The molecule has 0 aliphatic rings. The summed E-state index contributed by atoms with van der Waals surface area (Å²) in [6.07, 6.45) is 1.96.